The summed E-state index contributed by atoms with van der Waals surface area (Å²) in [5.74, 6) is 0.925. The molecule has 1 aromatic carbocycles. The Bertz CT molecular complexity index is 356. The average Bonchev–Trinajstić information content (AvgIpc) is 2.65. The van der Waals surface area contributed by atoms with Crippen molar-refractivity contribution in [3.05, 3.63) is 29.8 Å². The topological polar surface area (TPSA) is 53.1 Å². The molecule has 0 amide bonds. The van der Waals surface area contributed by atoms with Crippen molar-refractivity contribution in [2.45, 2.75) is 13.3 Å². The highest BCUT2D eigenvalue weighted by Crippen LogP contribution is 2.23. The van der Waals surface area contributed by atoms with E-state index in [2.05, 4.69) is 24.0 Å². The zero-order valence-corrected chi connectivity index (χ0v) is 9.03. The summed E-state index contributed by atoms with van der Waals surface area (Å²) in [7, 11) is 0. The fraction of sp³-hybridized carbons (Fsp3) is 0.417. The number of hydrogen-bond acceptors (Lipinski definition) is 2. The van der Waals surface area contributed by atoms with Crippen molar-refractivity contribution in [2.24, 2.45) is 11.7 Å². The quantitative estimate of drug-likeness (QED) is 0.569. The summed E-state index contributed by atoms with van der Waals surface area (Å²) in [5.41, 5.74) is 7.45. The first kappa shape index (κ1) is 10.0. The molecule has 0 radical (unpaired) electrons. The van der Waals surface area contributed by atoms with Gasteiger partial charge in [0.05, 0.1) is 0 Å². The average molecular weight is 203 g/mol. The largest absolute Gasteiger partial charge is 0.384 e. The summed E-state index contributed by atoms with van der Waals surface area (Å²) in [6.45, 7) is 4.56. The Hall–Kier alpha value is -1.51. The third-order valence-electron chi connectivity index (χ3n) is 2.97. The molecule has 3 heteroatoms. The number of nitrogens with two attached hydrogens (primary N) is 1. The van der Waals surface area contributed by atoms with Crippen LogP contribution in [0.1, 0.15) is 18.9 Å². The molecule has 3 N–H and O–H groups in total. The third kappa shape index (κ3) is 2.12. The molecule has 1 saturated heterocycles. The van der Waals surface area contributed by atoms with Gasteiger partial charge in [-0.15, -0.1) is 0 Å². The highest BCUT2D eigenvalue weighted by Gasteiger charge is 2.18. The minimum atomic E-state index is 0.135. The number of rotatable bonds is 2. The summed E-state index contributed by atoms with van der Waals surface area (Å²) in [5, 5.41) is 7.31. The maximum absolute atomic E-state index is 7.31. The lowest BCUT2D eigenvalue weighted by Gasteiger charge is -2.18. The highest BCUT2D eigenvalue weighted by atomic mass is 15.1. The first-order valence-corrected chi connectivity index (χ1v) is 5.36. The van der Waals surface area contributed by atoms with Crippen LogP contribution in [-0.2, 0) is 0 Å². The number of amidine groups is 1. The van der Waals surface area contributed by atoms with E-state index in [-0.39, 0.29) is 5.84 Å². The van der Waals surface area contributed by atoms with Gasteiger partial charge in [0.15, 0.2) is 0 Å². The lowest BCUT2D eigenvalue weighted by molar-refractivity contribution is 0.659. The van der Waals surface area contributed by atoms with Gasteiger partial charge < -0.3 is 10.6 Å². The highest BCUT2D eigenvalue weighted by molar-refractivity contribution is 5.95. The molecule has 0 aliphatic carbocycles. The van der Waals surface area contributed by atoms with E-state index in [9.17, 15) is 0 Å². The van der Waals surface area contributed by atoms with Crippen LogP contribution in [-0.4, -0.2) is 18.9 Å². The molecule has 1 atom stereocenters. The minimum absolute atomic E-state index is 0.135. The van der Waals surface area contributed by atoms with E-state index in [1.807, 2.05) is 12.1 Å². The van der Waals surface area contributed by atoms with Gasteiger partial charge >= 0.3 is 0 Å². The lowest BCUT2D eigenvalue weighted by Crippen LogP contribution is -2.19. The van der Waals surface area contributed by atoms with E-state index in [0.29, 0.717) is 0 Å². The molecule has 0 saturated carbocycles. The summed E-state index contributed by atoms with van der Waals surface area (Å²) in [6, 6.07) is 7.94. The molecule has 1 fully saturated rings. The second kappa shape index (κ2) is 3.93. The Morgan fingerprint density at radius 3 is 2.53 bits per heavy atom. The SMILES string of the molecule is CC1CCN(c2ccc(C(=N)N)cc2)C1. The fourth-order valence-electron chi connectivity index (χ4n) is 2.02. The zero-order valence-electron chi connectivity index (χ0n) is 9.03. The third-order valence-corrected chi connectivity index (χ3v) is 2.97. The van der Waals surface area contributed by atoms with Gasteiger partial charge in [-0.05, 0) is 36.6 Å². The molecule has 1 aliphatic heterocycles. The van der Waals surface area contributed by atoms with Crippen molar-refractivity contribution >= 4 is 11.5 Å². The number of nitrogens with zero attached hydrogens (tertiary/aromatic N) is 1. The van der Waals surface area contributed by atoms with Crippen molar-refractivity contribution in [3.8, 4) is 0 Å². The first-order valence-electron chi connectivity index (χ1n) is 5.36. The lowest BCUT2D eigenvalue weighted by atomic mass is 10.1. The fourth-order valence-corrected chi connectivity index (χ4v) is 2.02. The zero-order chi connectivity index (χ0) is 10.8. The molecule has 0 bridgehead atoms. The van der Waals surface area contributed by atoms with Gasteiger partial charge in [-0.2, -0.15) is 0 Å². The van der Waals surface area contributed by atoms with Crippen LogP contribution in [0.15, 0.2) is 24.3 Å². The second-order valence-corrected chi connectivity index (χ2v) is 4.30. The van der Waals surface area contributed by atoms with E-state index in [1.54, 1.807) is 0 Å². The Kier molecular flexibility index (Phi) is 2.62. The number of nitrogens with one attached hydrogen (secondary N) is 1. The van der Waals surface area contributed by atoms with Crippen molar-refractivity contribution in [1.82, 2.24) is 0 Å². The van der Waals surface area contributed by atoms with Gasteiger partial charge in [0, 0.05) is 24.3 Å². The van der Waals surface area contributed by atoms with Gasteiger partial charge in [-0.25, -0.2) is 0 Å². The predicted octanol–water partition coefficient (Wildman–Crippen LogP) is 1.82. The molecule has 1 aromatic rings. The van der Waals surface area contributed by atoms with Gasteiger partial charge in [0.2, 0.25) is 0 Å². The van der Waals surface area contributed by atoms with Crippen LogP contribution >= 0.6 is 0 Å². The van der Waals surface area contributed by atoms with Crippen LogP contribution in [0, 0.1) is 11.3 Å². The number of benzene rings is 1. The smallest absolute Gasteiger partial charge is 0.122 e. The maximum atomic E-state index is 7.31. The van der Waals surface area contributed by atoms with E-state index in [4.69, 9.17) is 11.1 Å². The maximum Gasteiger partial charge on any atom is 0.122 e. The van der Waals surface area contributed by atoms with Crippen LogP contribution in [0.4, 0.5) is 5.69 Å². The normalized spacial score (nSPS) is 20.6. The first-order chi connectivity index (χ1) is 7.16. The summed E-state index contributed by atoms with van der Waals surface area (Å²) in [4.78, 5) is 2.38. The number of nitrogen functional groups attached to an aromatic ring is 1. The van der Waals surface area contributed by atoms with E-state index >= 15 is 0 Å². The Labute approximate surface area is 90.4 Å². The van der Waals surface area contributed by atoms with Crippen molar-refractivity contribution in [3.63, 3.8) is 0 Å². The van der Waals surface area contributed by atoms with Gasteiger partial charge in [0.1, 0.15) is 5.84 Å². The number of anilines is 1. The minimum Gasteiger partial charge on any atom is -0.384 e. The van der Waals surface area contributed by atoms with Crippen molar-refractivity contribution < 1.29 is 0 Å². The predicted molar refractivity (Wildman–Crippen MR) is 63.5 cm³/mol. The van der Waals surface area contributed by atoms with Crippen molar-refractivity contribution in [1.29, 1.82) is 5.41 Å². The Morgan fingerprint density at radius 1 is 1.40 bits per heavy atom. The standard InChI is InChI=1S/C12H17N3/c1-9-6-7-15(8-9)11-4-2-10(3-5-11)12(13)14/h2-5,9H,6-8H2,1H3,(H3,13,14). The number of hydrogen-bond donors (Lipinski definition) is 2. The van der Waals surface area contributed by atoms with Crippen LogP contribution in [0.3, 0.4) is 0 Å². The monoisotopic (exact) mass is 203 g/mol. The Balaban J connectivity index is 2.13. The molecule has 1 heterocycles. The van der Waals surface area contributed by atoms with Gasteiger partial charge in [0.25, 0.3) is 0 Å². The molecule has 3 nitrogen and oxygen atoms in total. The molecule has 1 aliphatic rings. The van der Waals surface area contributed by atoms with E-state index in [1.165, 1.54) is 12.1 Å². The molecule has 0 aromatic heterocycles. The molecule has 0 spiro atoms. The van der Waals surface area contributed by atoms with Gasteiger partial charge in [-0.3, -0.25) is 5.41 Å². The van der Waals surface area contributed by atoms with Gasteiger partial charge in [-0.1, -0.05) is 6.92 Å². The van der Waals surface area contributed by atoms with Crippen LogP contribution in [0.5, 0.6) is 0 Å². The van der Waals surface area contributed by atoms with E-state index in [0.717, 1.165) is 24.6 Å². The molecular weight excluding hydrogens is 186 g/mol. The summed E-state index contributed by atoms with van der Waals surface area (Å²) < 4.78 is 0. The van der Waals surface area contributed by atoms with Crippen LogP contribution in [0.2, 0.25) is 0 Å². The molecular formula is C12H17N3. The summed E-state index contributed by atoms with van der Waals surface area (Å²) >= 11 is 0. The van der Waals surface area contributed by atoms with Crippen LogP contribution < -0.4 is 10.6 Å². The van der Waals surface area contributed by atoms with E-state index < -0.39 is 0 Å². The summed E-state index contributed by atoms with van der Waals surface area (Å²) in [6.07, 6.45) is 1.27. The van der Waals surface area contributed by atoms with Crippen molar-refractivity contribution in [2.75, 3.05) is 18.0 Å². The molecule has 2 rings (SSSR count). The molecule has 80 valence electrons. The second-order valence-electron chi connectivity index (χ2n) is 4.30. The molecule has 15 heavy (non-hydrogen) atoms. The molecule has 1 unspecified atom stereocenters. The Morgan fingerprint density at radius 2 is 2.07 bits per heavy atom. The van der Waals surface area contributed by atoms with Crippen LogP contribution in [0.25, 0.3) is 0 Å².